The third-order valence-electron chi connectivity index (χ3n) is 2.85. The fraction of sp³-hybridized carbons (Fsp3) is 0.545. The van der Waals surface area contributed by atoms with Crippen LogP contribution in [-0.2, 0) is 9.59 Å². The summed E-state index contributed by atoms with van der Waals surface area (Å²) in [5.41, 5.74) is 0.756. The van der Waals surface area contributed by atoms with Crippen molar-refractivity contribution in [1.29, 1.82) is 0 Å². The molecule has 1 aromatic rings. The minimum absolute atomic E-state index is 0.0209. The lowest BCUT2D eigenvalue weighted by atomic mass is 10.1. The topological polar surface area (TPSA) is 83.6 Å². The molecule has 6 heteroatoms. The third kappa shape index (κ3) is 2.15. The monoisotopic (exact) mass is 238 g/mol. The Labute approximate surface area is 98.2 Å². The molecule has 0 radical (unpaired) electrons. The average molecular weight is 238 g/mol. The zero-order valence-electron chi connectivity index (χ0n) is 9.71. The van der Waals surface area contributed by atoms with E-state index in [2.05, 4.69) is 5.16 Å². The van der Waals surface area contributed by atoms with E-state index in [0.717, 1.165) is 5.69 Å². The highest BCUT2D eigenvalue weighted by Crippen LogP contribution is 2.27. The lowest BCUT2D eigenvalue weighted by Crippen LogP contribution is -2.25. The Hall–Kier alpha value is -1.85. The van der Waals surface area contributed by atoms with Crippen molar-refractivity contribution in [2.75, 3.05) is 11.4 Å². The molecule has 2 heterocycles. The molecule has 1 atom stereocenters. The van der Waals surface area contributed by atoms with Gasteiger partial charge in [-0.1, -0.05) is 19.0 Å². The van der Waals surface area contributed by atoms with Crippen molar-refractivity contribution in [2.45, 2.75) is 26.2 Å². The zero-order chi connectivity index (χ0) is 12.6. The molecule has 0 aliphatic carbocycles. The number of hydrogen-bond donors (Lipinski definition) is 1. The SMILES string of the molecule is CC(C)c1cc(N2CC(C(=O)O)CC2=O)on1. The van der Waals surface area contributed by atoms with Crippen LogP contribution in [0, 0.1) is 5.92 Å². The highest BCUT2D eigenvalue weighted by Gasteiger charge is 2.36. The van der Waals surface area contributed by atoms with Crippen LogP contribution in [-0.4, -0.2) is 28.7 Å². The first-order valence-corrected chi connectivity index (χ1v) is 5.49. The van der Waals surface area contributed by atoms with Gasteiger partial charge in [0.2, 0.25) is 11.8 Å². The summed E-state index contributed by atoms with van der Waals surface area (Å²) in [7, 11) is 0. The van der Waals surface area contributed by atoms with Gasteiger partial charge in [0.25, 0.3) is 0 Å². The third-order valence-corrected chi connectivity index (χ3v) is 2.85. The number of anilines is 1. The Kier molecular flexibility index (Phi) is 2.87. The molecule has 1 aliphatic heterocycles. The Morgan fingerprint density at radius 3 is 2.82 bits per heavy atom. The number of rotatable bonds is 3. The summed E-state index contributed by atoms with van der Waals surface area (Å²) in [6, 6.07) is 1.69. The molecule has 6 nitrogen and oxygen atoms in total. The van der Waals surface area contributed by atoms with E-state index in [1.165, 1.54) is 4.90 Å². The summed E-state index contributed by atoms with van der Waals surface area (Å²) in [5, 5.41) is 12.7. The van der Waals surface area contributed by atoms with Crippen LogP contribution < -0.4 is 4.90 Å². The Morgan fingerprint density at radius 2 is 2.35 bits per heavy atom. The quantitative estimate of drug-likeness (QED) is 0.856. The standard InChI is InChI=1S/C11H14N2O4/c1-6(2)8-4-10(17-12-8)13-5-7(11(15)16)3-9(13)14/h4,6-7H,3,5H2,1-2H3,(H,15,16). The molecule has 1 aliphatic rings. The van der Waals surface area contributed by atoms with E-state index in [-0.39, 0.29) is 24.8 Å². The molecule has 17 heavy (non-hydrogen) atoms. The molecule has 0 saturated carbocycles. The number of aliphatic carboxylic acids is 1. The van der Waals surface area contributed by atoms with Crippen LogP contribution in [0.4, 0.5) is 5.88 Å². The van der Waals surface area contributed by atoms with E-state index in [9.17, 15) is 9.59 Å². The largest absolute Gasteiger partial charge is 0.481 e. The molecule has 0 bridgehead atoms. The molecule has 0 aromatic carbocycles. The van der Waals surface area contributed by atoms with Crippen LogP contribution in [0.1, 0.15) is 31.9 Å². The van der Waals surface area contributed by atoms with Crippen molar-refractivity contribution < 1.29 is 19.2 Å². The Morgan fingerprint density at radius 1 is 1.65 bits per heavy atom. The van der Waals surface area contributed by atoms with Crippen molar-refractivity contribution in [3.05, 3.63) is 11.8 Å². The molecule has 1 saturated heterocycles. The maximum Gasteiger partial charge on any atom is 0.308 e. The molecule has 92 valence electrons. The van der Waals surface area contributed by atoms with Gasteiger partial charge in [-0.2, -0.15) is 0 Å². The van der Waals surface area contributed by atoms with E-state index in [1.54, 1.807) is 6.07 Å². The van der Waals surface area contributed by atoms with Crippen molar-refractivity contribution in [1.82, 2.24) is 5.16 Å². The van der Waals surface area contributed by atoms with Crippen LogP contribution >= 0.6 is 0 Å². The van der Waals surface area contributed by atoms with E-state index < -0.39 is 11.9 Å². The van der Waals surface area contributed by atoms with Crippen LogP contribution in [0.2, 0.25) is 0 Å². The molecule has 1 fully saturated rings. The molecule has 1 aromatic heterocycles. The van der Waals surface area contributed by atoms with Crippen LogP contribution in [0.15, 0.2) is 10.6 Å². The summed E-state index contributed by atoms with van der Waals surface area (Å²) >= 11 is 0. The predicted octanol–water partition coefficient (Wildman–Crippen LogP) is 1.24. The molecule has 1 N–H and O–H groups in total. The first-order valence-electron chi connectivity index (χ1n) is 5.49. The summed E-state index contributed by atoms with van der Waals surface area (Å²) in [6.45, 7) is 4.09. The van der Waals surface area contributed by atoms with Gasteiger partial charge in [0.15, 0.2) is 0 Å². The summed E-state index contributed by atoms with van der Waals surface area (Å²) in [6.07, 6.45) is 0.0209. The second-order valence-electron chi connectivity index (χ2n) is 4.49. The van der Waals surface area contributed by atoms with Crippen LogP contribution in [0.3, 0.4) is 0 Å². The number of hydrogen-bond acceptors (Lipinski definition) is 4. The second kappa shape index (κ2) is 4.20. The smallest absolute Gasteiger partial charge is 0.308 e. The van der Waals surface area contributed by atoms with Crippen molar-refractivity contribution in [3.8, 4) is 0 Å². The highest BCUT2D eigenvalue weighted by molar-refractivity contribution is 5.98. The van der Waals surface area contributed by atoms with Gasteiger partial charge in [-0.3, -0.25) is 14.5 Å². The Bertz CT molecular complexity index is 452. The maximum atomic E-state index is 11.6. The van der Waals surface area contributed by atoms with Gasteiger partial charge in [0.05, 0.1) is 11.6 Å². The first kappa shape index (κ1) is 11.6. The van der Waals surface area contributed by atoms with Gasteiger partial charge < -0.3 is 9.63 Å². The summed E-state index contributed by atoms with van der Waals surface area (Å²) in [4.78, 5) is 23.8. The number of carboxylic acids is 1. The number of carbonyl (C=O) groups excluding carboxylic acids is 1. The van der Waals surface area contributed by atoms with Gasteiger partial charge in [-0.15, -0.1) is 0 Å². The molecule has 2 rings (SSSR count). The minimum Gasteiger partial charge on any atom is -0.481 e. The van der Waals surface area contributed by atoms with E-state index in [4.69, 9.17) is 9.63 Å². The Balaban J connectivity index is 2.17. The van der Waals surface area contributed by atoms with E-state index in [0.29, 0.717) is 5.88 Å². The summed E-state index contributed by atoms with van der Waals surface area (Å²) in [5.74, 6) is -1.30. The maximum absolute atomic E-state index is 11.6. The fourth-order valence-electron chi connectivity index (χ4n) is 1.76. The lowest BCUT2D eigenvalue weighted by Gasteiger charge is -2.10. The minimum atomic E-state index is -0.954. The number of aromatic nitrogens is 1. The molecular weight excluding hydrogens is 224 g/mol. The van der Waals surface area contributed by atoms with Crippen molar-refractivity contribution in [2.24, 2.45) is 5.92 Å². The number of carbonyl (C=O) groups is 2. The molecule has 1 unspecified atom stereocenters. The predicted molar refractivity (Wildman–Crippen MR) is 58.7 cm³/mol. The number of amides is 1. The van der Waals surface area contributed by atoms with Gasteiger partial charge in [-0.25, -0.2) is 0 Å². The number of nitrogens with zero attached hydrogens (tertiary/aromatic N) is 2. The zero-order valence-corrected chi connectivity index (χ0v) is 9.71. The van der Waals surface area contributed by atoms with Gasteiger partial charge >= 0.3 is 5.97 Å². The highest BCUT2D eigenvalue weighted by atomic mass is 16.5. The van der Waals surface area contributed by atoms with Crippen LogP contribution in [0.25, 0.3) is 0 Å². The number of carboxylic acid groups (broad SMARTS) is 1. The van der Waals surface area contributed by atoms with Crippen LogP contribution in [0.5, 0.6) is 0 Å². The van der Waals surface area contributed by atoms with E-state index in [1.807, 2.05) is 13.8 Å². The summed E-state index contributed by atoms with van der Waals surface area (Å²) < 4.78 is 5.07. The average Bonchev–Trinajstić information content (AvgIpc) is 2.83. The van der Waals surface area contributed by atoms with Gasteiger partial charge in [0.1, 0.15) is 0 Å². The normalized spacial score (nSPS) is 20.3. The van der Waals surface area contributed by atoms with Gasteiger partial charge in [0, 0.05) is 19.0 Å². The fourth-order valence-corrected chi connectivity index (χ4v) is 1.76. The second-order valence-corrected chi connectivity index (χ2v) is 4.49. The molecular formula is C11H14N2O4. The first-order chi connectivity index (χ1) is 7.99. The van der Waals surface area contributed by atoms with Crippen molar-refractivity contribution in [3.63, 3.8) is 0 Å². The van der Waals surface area contributed by atoms with Crippen molar-refractivity contribution >= 4 is 17.8 Å². The molecule has 1 amide bonds. The molecule has 0 spiro atoms. The lowest BCUT2D eigenvalue weighted by molar-refractivity contribution is -0.141. The van der Waals surface area contributed by atoms with E-state index >= 15 is 0 Å². The van der Waals surface area contributed by atoms with Gasteiger partial charge in [-0.05, 0) is 5.92 Å².